The van der Waals surface area contributed by atoms with E-state index in [0.29, 0.717) is 0 Å². The van der Waals surface area contributed by atoms with E-state index in [-0.39, 0.29) is 0 Å². The summed E-state index contributed by atoms with van der Waals surface area (Å²) in [5.41, 5.74) is 0.798. The lowest BCUT2D eigenvalue weighted by molar-refractivity contribution is 0.411. The van der Waals surface area contributed by atoms with Crippen molar-refractivity contribution in [3.8, 4) is 5.75 Å². The first-order chi connectivity index (χ1) is 5.81. The SMILES string of the molecule is COc1cc2nncn2cc1I. The van der Waals surface area contributed by atoms with E-state index in [1.165, 1.54) is 0 Å². The predicted molar refractivity (Wildman–Crippen MR) is 52.3 cm³/mol. The molecule has 0 spiro atoms. The summed E-state index contributed by atoms with van der Waals surface area (Å²) in [6.45, 7) is 0. The van der Waals surface area contributed by atoms with Crippen LogP contribution in [0.25, 0.3) is 5.65 Å². The number of methoxy groups -OCH3 is 1. The third-order valence-corrected chi connectivity index (χ3v) is 2.38. The fourth-order valence-corrected chi connectivity index (χ4v) is 1.66. The van der Waals surface area contributed by atoms with Gasteiger partial charge in [0.2, 0.25) is 0 Å². The summed E-state index contributed by atoms with van der Waals surface area (Å²) in [6, 6.07) is 1.86. The molecule has 0 saturated carbocycles. The molecule has 4 nitrogen and oxygen atoms in total. The Balaban J connectivity index is 2.73. The van der Waals surface area contributed by atoms with Crippen molar-refractivity contribution in [1.82, 2.24) is 14.6 Å². The van der Waals surface area contributed by atoms with Crippen LogP contribution in [0.15, 0.2) is 18.6 Å². The summed E-state index contributed by atoms with van der Waals surface area (Å²) in [4.78, 5) is 0. The molecule has 2 rings (SSSR count). The van der Waals surface area contributed by atoms with Crippen LogP contribution in [-0.2, 0) is 0 Å². The van der Waals surface area contributed by atoms with Gasteiger partial charge >= 0.3 is 0 Å². The van der Waals surface area contributed by atoms with Crippen molar-refractivity contribution in [2.45, 2.75) is 0 Å². The summed E-state index contributed by atoms with van der Waals surface area (Å²) >= 11 is 2.20. The van der Waals surface area contributed by atoms with E-state index in [9.17, 15) is 0 Å². The molecule has 0 fully saturated rings. The molecule has 0 radical (unpaired) electrons. The Bertz CT molecular complexity index is 412. The lowest BCUT2D eigenvalue weighted by Crippen LogP contribution is -1.90. The lowest BCUT2D eigenvalue weighted by atomic mass is 10.4. The van der Waals surface area contributed by atoms with Gasteiger partial charge in [0.15, 0.2) is 5.65 Å². The number of rotatable bonds is 1. The molecule has 0 aromatic carbocycles. The summed E-state index contributed by atoms with van der Waals surface area (Å²) in [5.74, 6) is 0.830. The average molecular weight is 275 g/mol. The molecule has 0 unspecified atom stereocenters. The number of fused-ring (bicyclic) bond motifs is 1. The number of hydrogen-bond donors (Lipinski definition) is 0. The molecule has 0 amide bonds. The van der Waals surface area contributed by atoms with Crippen LogP contribution in [0.4, 0.5) is 0 Å². The molecule has 62 valence electrons. The van der Waals surface area contributed by atoms with Crippen LogP contribution >= 0.6 is 22.6 Å². The minimum Gasteiger partial charge on any atom is -0.495 e. The molecule has 2 aromatic rings. The van der Waals surface area contributed by atoms with Gasteiger partial charge in [-0.3, -0.25) is 4.40 Å². The predicted octanol–water partition coefficient (Wildman–Crippen LogP) is 1.34. The summed E-state index contributed by atoms with van der Waals surface area (Å²) in [6.07, 6.45) is 3.59. The van der Waals surface area contributed by atoms with Crippen LogP contribution in [0.1, 0.15) is 0 Å². The molecule has 0 saturated heterocycles. The van der Waals surface area contributed by atoms with Crippen molar-refractivity contribution < 1.29 is 4.74 Å². The molecule has 2 aromatic heterocycles. The average Bonchev–Trinajstić information content (AvgIpc) is 2.49. The second-order valence-electron chi connectivity index (χ2n) is 2.29. The van der Waals surface area contributed by atoms with Crippen LogP contribution in [0.2, 0.25) is 0 Å². The van der Waals surface area contributed by atoms with Gasteiger partial charge < -0.3 is 4.74 Å². The molecule has 12 heavy (non-hydrogen) atoms. The molecule has 0 aliphatic carbocycles. The Kier molecular flexibility index (Phi) is 1.87. The Hall–Kier alpha value is -0.850. The second-order valence-corrected chi connectivity index (χ2v) is 3.45. The Labute approximate surface area is 82.7 Å². The van der Waals surface area contributed by atoms with Gasteiger partial charge in [-0.1, -0.05) is 0 Å². The van der Waals surface area contributed by atoms with Crippen molar-refractivity contribution in [2.75, 3.05) is 7.11 Å². The number of nitrogens with zero attached hydrogens (tertiary/aromatic N) is 3. The molecule has 5 heteroatoms. The molecule has 0 bridgehead atoms. The van der Waals surface area contributed by atoms with Crippen LogP contribution in [-0.4, -0.2) is 21.7 Å². The van der Waals surface area contributed by atoms with Crippen LogP contribution in [0.5, 0.6) is 5.75 Å². The monoisotopic (exact) mass is 275 g/mol. The molecule has 0 aliphatic heterocycles. The van der Waals surface area contributed by atoms with Crippen molar-refractivity contribution in [1.29, 1.82) is 0 Å². The van der Waals surface area contributed by atoms with Crippen molar-refractivity contribution in [3.05, 3.63) is 22.2 Å². The molecular weight excluding hydrogens is 269 g/mol. The van der Waals surface area contributed by atoms with E-state index < -0.39 is 0 Å². The van der Waals surface area contributed by atoms with Gasteiger partial charge in [0.1, 0.15) is 12.1 Å². The van der Waals surface area contributed by atoms with Crippen LogP contribution in [0, 0.1) is 3.57 Å². The highest BCUT2D eigenvalue weighted by molar-refractivity contribution is 14.1. The summed E-state index contributed by atoms with van der Waals surface area (Å²) < 4.78 is 8.03. The summed E-state index contributed by atoms with van der Waals surface area (Å²) in [7, 11) is 1.64. The fourth-order valence-electron chi connectivity index (χ4n) is 0.983. The van der Waals surface area contributed by atoms with Crippen LogP contribution in [0.3, 0.4) is 0 Å². The van der Waals surface area contributed by atoms with E-state index in [1.807, 2.05) is 16.7 Å². The number of pyridine rings is 1. The van der Waals surface area contributed by atoms with Gasteiger partial charge in [0, 0.05) is 12.3 Å². The normalized spacial score (nSPS) is 10.5. The minimum absolute atomic E-state index is 0.798. The van der Waals surface area contributed by atoms with E-state index in [0.717, 1.165) is 15.0 Å². The largest absolute Gasteiger partial charge is 0.495 e. The molecule has 0 atom stereocenters. The third-order valence-electron chi connectivity index (χ3n) is 1.57. The standard InChI is InChI=1S/C7H6IN3O/c1-12-6-2-7-10-9-4-11(7)3-5(6)8/h2-4H,1H3. The lowest BCUT2D eigenvalue weighted by Gasteiger charge is -2.02. The maximum Gasteiger partial charge on any atom is 0.164 e. The minimum atomic E-state index is 0.798. The zero-order valence-corrected chi connectivity index (χ0v) is 8.52. The topological polar surface area (TPSA) is 39.4 Å². The van der Waals surface area contributed by atoms with Gasteiger partial charge in [0.25, 0.3) is 0 Å². The number of halogens is 1. The van der Waals surface area contributed by atoms with Gasteiger partial charge in [0.05, 0.1) is 10.7 Å². The Morgan fingerprint density at radius 1 is 1.58 bits per heavy atom. The quantitative estimate of drug-likeness (QED) is 0.737. The number of aromatic nitrogens is 3. The fraction of sp³-hybridized carbons (Fsp3) is 0.143. The van der Waals surface area contributed by atoms with Crippen molar-refractivity contribution in [2.24, 2.45) is 0 Å². The summed E-state index contributed by atoms with van der Waals surface area (Å²) in [5, 5.41) is 7.67. The zero-order valence-electron chi connectivity index (χ0n) is 6.36. The van der Waals surface area contributed by atoms with E-state index in [2.05, 4.69) is 32.8 Å². The van der Waals surface area contributed by atoms with Crippen molar-refractivity contribution in [3.63, 3.8) is 0 Å². The third kappa shape index (κ3) is 1.13. The zero-order chi connectivity index (χ0) is 8.55. The highest BCUT2D eigenvalue weighted by Gasteiger charge is 2.02. The van der Waals surface area contributed by atoms with Gasteiger partial charge in [-0.2, -0.15) is 0 Å². The van der Waals surface area contributed by atoms with E-state index >= 15 is 0 Å². The molecular formula is C7H6IN3O. The molecule has 2 heterocycles. The number of ether oxygens (including phenoxy) is 1. The maximum absolute atomic E-state index is 5.13. The van der Waals surface area contributed by atoms with E-state index in [1.54, 1.807) is 13.4 Å². The Morgan fingerprint density at radius 3 is 3.17 bits per heavy atom. The Morgan fingerprint density at radius 2 is 2.42 bits per heavy atom. The second kappa shape index (κ2) is 2.89. The van der Waals surface area contributed by atoms with Crippen LogP contribution < -0.4 is 4.74 Å². The highest BCUT2D eigenvalue weighted by Crippen LogP contribution is 2.20. The first-order valence-corrected chi connectivity index (χ1v) is 4.42. The first-order valence-electron chi connectivity index (χ1n) is 3.34. The molecule has 0 aliphatic rings. The maximum atomic E-state index is 5.13. The first kappa shape index (κ1) is 7.78. The highest BCUT2D eigenvalue weighted by atomic mass is 127. The number of hydrogen-bond acceptors (Lipinski definition) is 3. The van der Waals surface area contributed by atoms with Gasteiger partial charge in [-0.25, -0.2) is 0 Å². The van der Waals surface area contributed by atoms with Gasteiger partial charge in [-0.05, 0) is 22.6 Å². The van der Waals surface area contributed by atoms with Gasteiger partial charge in [-0.15, -0.1) is 10.2 Å². The smallest absolute Gasteiger partial charge is 0.164 e. The van der Waals surface area contributed by atoms with Crippen molar-refractivity contribution >= 4 is 28.2 Å². The molecule has 0 N–H and O–H groups in total. The van der Waals surface area contributed by atoms with E-state index in [4.69, 9.17) is 4.74 Å².